The maximum Gasteiger partial charge on any atom is 0.187 e. The van der Waals surface area contributed by atoms with Gasteiger partial charge >= 0.3 is 0 Å². The van der Waals surface area contributed by atoms with Gasteiger partial charge in [0.15, 0.2) is 5.78 Å². The van der Waals surface area contributed by atoms with Crippen molar-refractivity contribution in [2.75, 3.05) is 13.1 Å². The molecule has 26 heavy (non-hydrogen) atoms. The number of Topliss-reactive ketones (excluding diaryl/α,β-unsaturated/α-hetero) is 1. The summed E-state index contributed by atoms with van der Waals surface area (Å²) in [5, 5.41) is 0. The van der Waals surface area contributed by atoms with Crippen LogP contribution in [0.4, 0.5) is 8.78 Å². The van der Waals surface area contributed by atoms with Crippen LogP contribution in [0.2, 0.25) is 0 Å². The Morgan fingerprint density at radius 2 is 1.19 bits per heavy atom. The summed E-state index contributed by atoms with van der Waals surface area (Å²) < 4.78 is 26.2. The van der Waals surface area contributed by atoms with Crippen LogP contribution in [0.1, 0.15) is 25.0 Å². The van der Waals surface area contributed by atoms with Gasteiger partial charge in [0.2, 0.25) is 0 Å². The Morgan fingerprint density at radius 3 is 1.54 bits per heavy atom. The van der Waals surface area contributed by atoms with Crippen LogP contribution in [0, 0.1) is 11.6 Å². The lowest BCUT2D eigenvalue weighted by Crippen LogP contribution is -2.41. The van der Waals surface area contributed by atoms with E-state index in [1.165, 1.54) is 24.3 Å². The molecule has 2 aromatic rings. The molecule has 0 aliphatic carbocycles. The van der Waals surface area contributed by atoms with Crippen molar-refractivity contribution in [2.24, 2.45) is 0 Å². The van der Waals surface area contributed by atoms with Crippen molar-refractivity contribution < 1.29 is 13.6 Å². The van der Waals surface area contributed by atoms with E-state index in [0.717, 1.165) is 11.1 Å². The Labute approximate surface area is 152 Å². The largest absolute Gasteiger partial charge is 0.292 e. The molecule has 0 radical (unpaired) electrons. The molecule has 1 fully saturated rings. The van der Waals surface area contributed by atoms with E-state index < -0.39 is 0 Å². The van der Waals surface area contributed by atoms with Gasteiger partial charge in [-0.25, -0.2) is 8.78 Å². The van der Waals surface area contributed by atoms with E-state index in [4.69, 9.17) is 0 Å². The van der Waals surface area contributed by atoms with Crippen LogP contribution in [-0.4, -0.2) is 29.8 Å². The molecule has 3 rings (SSSR count). The average molecular weight is 353 g/mol. The molecular formula is C22H21F2NO. The number of rotatable bonds is 3. The summed E-state index contributed by atoms with van der Waals surface area (Å²) in [5.74, 6) is -0.624. The number of benzene rings is 2. The van der Waals surface area contributed by atoms with Crippen molar-refractivity contribution in [3.05, 3.63) is 82.4 Å². The Bertz CT molecular complexity index is 781. The Kier molecular flexibility index (Phi) is 5.43. The molecule has 0 unspecified atom stereocenters. The van der Waals surface area contributed by atoms with Crippen LogP contribution in [0.5, 0.6) is 0 Å². The maximum atomic E-state index is 13.1. The number of hydrogen-bond acceptors (Lipinski definition) is 2. The van der Waals surface area contributed by atoms with Gasteiger partial charge in [0.1, 0.15) is 11.6 Å². The summed E-state index contributed by atoms with van der Waals surface area (Å²) in [7, 11) is 0. The molecule has 0 N–H and O–H groups in total. The SMILES string of the molecule is CC(C)N1CC(=Cc2ccc(F)cc2)C(=O)C(=Cc2ccc(F)cc2)C1. The van der Waals surface area contributed by atoms with Gasteiger partial charge in [-0.1, -0.05) is 24.3 Å². The third kappa shape index (κ3) is 4.33. The normalized spacial score (nSPS) is 18.9. The molecule has 1 saturated heterocycles. The molecule has 2 nitrogen and oxygen atoms in total. The summed E-state index contributed by atoms with van der Waals surface area (Å²) in [6, 6.07) is 12.5. The van der Waals surface area contributed by atoms with Crippen LogP contribution < -0.4 is 0 Å². The molecule has 4 heteroatoms. The quantitative estimate of drug-likeness (QED) is 0.744. The van der Waals surface area contributed by atoms with Crippen LogP contribution >= 0.6 is 0 Å². The number of piperidine rings is 1. The highest BCUT2D eigenvalue weighted by atomic mass is 19.1. The average Bonchev–Trinajstić information content (AvgIpc) is 2.62. The molecule has 1 aliphatic rings. The standard InChI is InChI=1S/C22H21F2NO/c1-15(2)25-13-18(11-16-3-7-20(23)8-4-16)22(26)19(14-25)12-17-5-9-21(24)10-6-17/h3-12,15H,13-14H2,1-2H3. The zero-order valence-corrected chi connectivity index (χ0v) is 14.9. The first-order chi connectivity index (χ1) is 12.4. The molecular weight excluding hydrogens is 332 g/mol. The number of carbonyl (C=O) groups is 1. The molecule has 0 bridgehead atoms. The second-order valence-corrected chi connectivity index (χ2v) is 6.77. The van der Waals surface area contributed by atoms with E-state index in [0.29, 0.717) is 24.2 Å². The van der Waals surface area contributed by atoms with Crippen LogP contribution in [0.15, 0.2) is 59.7 Å². The van der Waals surface area contributed by atoms with Crippen molar-refractivity contribution in [3.8, 4) is 0 Å². The van der Waals surface area contributed by atoms with Gasteiger partial charge in [-0.05, 0) is 61.4 Å². The minimum Gasteiger partial charge on any atom is -0.292 e. The first-order valence-electron chi connectivity index (χ1n) is 8.63. The van der Waals surface area contributed by atoms with Gasteiger partial charge in [0, 0.05) is 30.3 Å². The van der Waals surface area contributed by atoms with Crippen molar-refractivity contribution >= 4 is 17.9 Å². The summed E-state index contributed by atoms with van der Waals surface area (Å²) in [6.07, 6.45) is 3.63. The van der Waals surface area contributed by atoms with E-state index in [-0.39, 0.29) is 23.5 Å². The number of hydrogen-bond donors (Lipinski definition) is 0. The Hall–Kier alpha value is -2.59. The smallest absolute Gasteiger partial charge is 0.187 e. The lowest BCUT2D eigenvalue weighted by molar-refractivity contribution is -0.113. The number of halogens is 2. The van der Waals surface area contributed by atoms with Crippen molar-refractivity contribution in [1.29, 1.82) is 0 Å². The molecule has 0 aromatic heterocycles. The molecule has 2 aromatic carbocycles. The summed E-state index contributed by atoms with van der Waals surface area (Å²) in [6.45, 7) is 5.27. The highest BCUT2D eigenvalue weighted by molar-refractivity contribution is 6.14. The third-order valence-electron chi connectivity index (χ3n) is 4.48. The Morgan fingerprint density at radius 1 is 0.808 bits per heavy atom. The van der Waals surface area contributed by atoms with Gasteiger partial charge in [-0.2, -0.15) is 0 Å². The maximum absolute atomic E-state index is 13.1. The zero-order chi connectivity index (χ0) is 18.7. The zero-order valence-electron chi connectivity index (χ0n) is 14.9. The molecule has 0 amide bonds. The van der Waals surface area contributed by atoms with Gasteiger partial charge < -0.3 is 0 Å². The number of likely N-dealkylation sites (tertiary alicyclic amines) is 1. The van der Waals surface area contributed by atoms with Gasteiger partial charge in [0.25, 0.3) is 0 Å². The molecule has 1 heterocycles. The minimum absolute atomic E-state index is 0.0180. The highest BCUT2D eigenvalue weighted by Crippen LogP contribution is 2.23. The first-order valence-corrected chi connectivity index (χ1v) is 8.63. The second kappa shape index (κ2) is 7.75. The number of carbonyl (C=O) groups excluding carboxylic acids is 1. The summed E-state index contributed by atoms with van der Waals surface area (Å²) in [4.78, 5) is 15.1. The van der Waals surface area contributed by atoms with Crippen molar-refractivity contribution in [3.63, 3.8) is 0 Å². The highest BCUT2D eigenvalue weighted by Gasteiger charge is 2.27. The summed E-state index contributed by atoms with van der Waals surface area (Å²) in [5.41, 5.74) is 2.93. The lowest BCUT2D eigenvalue weighted by atomic mass is 9.93. The van der Waals surface area contributed by atoms with Gasteiger partial charge in [-0.3, -0.25) is 9.69 Å². The van der Waals surface area contributed by atoms with Gasteiger partial charge in [0.05, 0.1) is 0 Å². The van der Waals surface area contributed by atoms with Crippen LogP contribution in [0.3, 0.4) is 0 Å². The lowest BCUT2D eigenvalue weighted by Gasteiger charge is -2.32. The second-order valence-electron chi connectivity index (χ2n) is 6.77. The van der Waals surface area contributed by atoms with E-state index in [1.807, 2.05) is 12.2 Å². The molecule has 1 aliphatic heterocycles. The fraction of sp³-hybridized carbons (Fsp3) is 0.227. The van der Waals surface area contributed by atoms with E-state index in [2.05, 4.69) is 18.7 Å². The molecule has 0 spiro atoms. The van der Waals surface area contributed by atoms with Crippen molar-refractivity contribution in [1.82, 2.24) is 4.90 Å². The predicted octanol–water partition coefficient (Wildman–Crippen LogP) is 4.72. The molecule has 0 saturated carbocycles. The van der Waals surface area contributed by atoms with E-state index >= 15 is 0 Å². The topological polar surface area (TPSA) is 20.3 Å². The monoisotopic (exact) mass is 353 g/mol. The van der Waals surface area contributed by atoms with E-state index in [1.54, 1.807) is 24.3 Å². The van der Waals surface area contributed by atoms with E-state index in [9.17, 15) is 13.6 Å². The fourth-order valence-corrected chi connectivity index (χ4v) is 2.95. The Balaban J connectivity index is 1.95. The van der Waals surface area contributed by atoms with Gasteiger partial charge in [-0.15, -0.1) is 0 Å². The summed E-state index contributed by atoms with van der Waals surface area (Å²) >= 11 is 0. The predicted molar refractivity (Wildman–Crippen MR) is 100 cm³/mol. The number of nitrogens with zero attached hydrogens (tertiary/aromatic N) is 1. The number of ketones is 1. The minimum atomic E-state index is -0.303. The fourth-order valence-electron chi connectivity index (χ4n) is 2.95. The molecule has 0 atom stereocenters. The van der Waals surface area contributed by atoms with Crippen LogP contribution in [0.25, 0.3) is 12.2 Å². The molecule has 134 valence electrons. The first kappa shape index (κ1) is 18.2. The van der Waals surface area contributed by atoms with Crippen molar-refractivity contribution in [2.45, 2.75) is 19.9 Å². The van der Waals surface area contributed by atoms with Crippen LogP contribution in [-0.2, 0) is 4.79 Å². The third-order valence-corrected chi connectivity index (χ3v) is 4.48.